The maximum atomic E-state index is 11.1. The lowest BCUT2D eigenvalue weighted by Gasteiger charge is -2.39. The summed E-state index contributed by atoms with van der Waals surface area (Å²) in [6, 6.07) is 30.0. The third kappa shape index (κ3) is 10.9. The quantitative estimate of drug-likeness (QED) is 0.0253. The summed E-state index contributed by atoms with van der Waals surface area (Å²) >= 11 is 0. The van der Waals surface area contributed by atoms with Gasteiger partial charge in [-0.05, 0) is 84.7 Å². The minimum atomic E-state index is -0.357. The topological polar surface area (TPSA) is 76.2 Å². The zero-order chi connectivity index (χ0) is 33.7. The molecule has 0 heterocycles. The number of esters is 1. The molecule has 0 unspecified atom stereocenters. The number of ether oxygens (including phenoxy) is 2. The SMILES string of the molecule is C=CC(=O)OCCCCCCOc1ccc(CNc2ccc(N[NH2+]c3ccc(CCC(C)(C)C(C)(C)C)cc3)c3ccccc23)cc1. The molecule has 4 aromatic carbocycles. The highest BCUT2D eigenvalue weighted by Crippen LogP contribution is 2.41. The Kier molecular flexibility index (Phi) is 12.9. The van der Waals surface area contributed by atoms with Crippen molar-refractivity contribution in [2.75, 3.05) is 24.0 Å². The first-order chi connectivity index (χ1) is 22.6. The van der Waals surface area contributed by atoms with Gasteiger partial charge in [0.2, 0.25) is 0 Å². The molecule has 6 nitrogen and oxygen atoms in total. The maximum absolute atomic E-state index is 11.1. The molecule has 0 saturated carbocycles. The van der Waals surface area contributed by atoms with Gasteiger partial charge >= 0.3 is 5.97 Å². The highest BCUT2D eigenvalue weighted by molar-refractivity contribution is 6.01. The van der Waals surface area contributed by atoms with Crippen molar-refractivity contribution in [2.45, 2.75) is 79.7 Å². The summed E-state index contributed by atoms with van der Waals surface area (Å²) in [5.41, 5.74) is 12.1. The van der Waals surface area contributed by atoms with Crippen molar-refractivity contribution in [3.8, 4) is 5.75 Å². The Hall–Kier alpha value is -4.29. The number of carbonyl (C=O) groups is 1. The zero-order valence-electron chi connectivity index (χ0n) is 29.0. The third-order valence-corrected chi connectivity index (χ3v) is 9.49. The van der Waals surface area contributed by atoms with E-state index in [4.69, 9.17) is 9.47 Å². The van der Waals surface area contributed by atoms with Gasteiger partial charge in [0.15, 0.2) is 5.69 Å². The molecule has 0 spiro atoms. The zero-order valence-corrected chi connectivity index (χ0v) is 29.0. The number of hydrogen-bond acceptors (Lipinski definition) is 5. The van der Waals surface area contributed by atoms with E-state index in [1.165, 1.54) is 34.4 Å². The van der Waals surface area contributed by atoms with Gasteiger partial charge in [-0.25, -0.2) is 15.6 Å². The molecule has 0 aliphatic carbocycles. The van der Waals surface area contributed by atoms with E-state index in [2.05, 4.69) is 130 Å². The Morgan fingerprint density at radius 1 is 0.766 bits per heavy atom. The second kappa shape index (κ2) is 17.0. The molecule has 4 aromatic rings. The largest absolute Gasteiger partial charge is 0.494 e. The Morgan fingerprint density at radius 3 is 2.04 bits per heavy atom. The summed E-state index contributed by atoms with van der Waals surface area (Å²) in [5.74, 6) is 0.522. The number of quaternary nitrogens is 1. The van der Waals surface area contributed by atoms with Gasteiger partial charge in [0.1, 0.15) is 5.75 Å². The van der Waals surface area contributed by atoms with Crippen molar-refractivity contribution < 1.29 is 19.7 Å². The number of unbranched alkanes of at least 4 members (excludes halogenated alkanes) is 3. The Morgan fingerprint density at radius 2 is 1.38 bits per heavy atom. The molecule has 0 aliphatic heterocycles. The van der Waals surface area contributed by atoms with Gasteiger partial charge in [0.05, 0.1) is 18.9 Å². The van der Waals surface area contributed by atoms with Crippen molar-refractivity contribution in [1.82, 2.24) is 0 Å². The smallest absolute Gasteiger partial charge is 0.330 e. The van der Waals surface area contributed by atoms with Crippen LogP contribution < -0.4 is 20.9 Å². The van der Waals surface area contributed by atoms with Crippen LogP contribution >= 0.6 is 0 Å². The molecule has 0 aromatic heterocycles. The molecule has 0 radical (unpaired) electrons. The minimum absolute atomic E-state index is 0.286. The van der Waals surface area contributed by atoms with Crippen LogP contribution in [0.1, 0.15) is 77.8 Å². The number of hydrogen-bond donors (Lipinski definition) is 3. The molecule has 6 heteroatoms. The van der Waals surface area contributed by atoms with Gasteiger partial charge in [-0.1, -0.05) is 89.7 Å². The molecule has 0 saturated heterocycles. The second-order valence-corrected chi connectivity index (χ2v) is 14.0. The van der Waals surface area contributed by atoms with Gasteiger partial charge in [-0.2, -0.15) is 0 Å². The van der Waals surface area contributed by atoms with Crippen LogP contribution in [0.25, 0.3) is 10.8 Å². The first-order valence-corrected chi connectivity index (χ1v) is 17.0. The van der Waals surface area contributed by atoms with E-state index in [0.29, 0.717) is 13.2 Å². The predicted molar refractivity (Wildman–Crippen MR) is 196 cm³/mol. The summed E-state index contributed by atoms with van der Waals surface area (Å²) < 4.78 is 10.9. The summed E-state index contributed by atoms with van der Waals surface area (Å²) in [7, 11) is 0. The number of nitrogen functional groups attached to an aromatic ring is 1. The summed E-state index contributed by atoms with van der Waals surface area (Å²) in [6.45, 7) is 17.0. The molecule has 0 amide bonds. The van der Waals surface area contributed by atoms with Crippen molar-refractivity contribution in [1.29, 1.82) is 0 Å². The van der Waals surface area contributed by atoms with E-state index in [1.807, 2.05) is 12.1 Å². The number of rotatable bonds is 18. The molecule has 4 N–H and O–H groups in total. The third-order valence-electron chi connectivity index (χ3n) is 9.49. The lowest BCUT2D eigenvalue weighted by Crippen LogP contribution is -2.82. The average molecular weight is 637 g/mol. The lowest BCUT2D eigenvalue weighted by molar-refractivity contribution is -0.538. The fourth-order valence-corrected chi connectivity index (χ4v) is 5.23. The maximum Gasteiger partial charge on any atom is 0.330 e. The van der Waals surface area contributed by atoms with Gasteiger partial charge < -0.3 is 14.8 Å². The van der Waals surface area contributed by atoms with Crippen LogP contribution in [0.5, 0.6) is 5.75 Å². The number of aryl methyl sites for hydroxylation is 1. The van der Waals surface area contributed by atoms with Gasteiger partial charge in [0.25, 0.3) is 0 Å². The average Bonchev–Trinajstić information content (AvgIpc) is 3.07. The fraction of sp³-hybridized carbons (Fsp3) is 0.390. The van der Waals surface area contributed by atoms with Crippen LogP contribution in [0.4, 0.5) is 17.1 Å². The van der Waals surface area contributed by atoms with Crippen LogP contribution in [0, 0.1) is 10.8 Å². The number of nitrogens with two attached hydrogens (primary N) is 1. The Labute approximate surface area is 281 Å². The van der Waals surface area contributed by atoms with Crippen molar-refractivity contribution in [2.24, 2.45) is 10.8 Å². The van der Waals surface area contributed by atoms with E-state index in [9.17, 15) is 4.79 Å². The fourth-order valence-electron chi connectivity index (χ4n) is 5.23. The van der Waals surface area contributed by atoms with E-state index < -0.39 is 0 Å². The van der Waals surface area contributed by atoms with Crippen LogP contribution in [0.15, 0.2) is 97.6 Å². The normalized spacial score (nSPS) is 11.7. The van der Waals surface area contributed by atoms with E-state index in [1.54, 1.807) is 0 Å². The number of fused-ring (bicyclic) bond motifs is 1. The number of nitrogens with one attached hydrogen (secondary N) is 2. The second-order valence-electron chi connectivity index (χ2n) is 14.0. The van der Waals surface area contributed by atoms with Gasteiger partial charge in [-0.15, -0.1) is 0 Å². The molecule has 0 fully saturated rings. The molecule has 47 heavy (non-hydrogen) atoms. The van der Waals surface area contributed by atoms with Crippen LogP contribution in [0.3, 0.4) is 0 Å². The van der Waals surface area contributed by atoms with Crippen molar-refractivity contribution >= 4 is 33.8 Å². The van der Waals surface area contributed by atoms with Crippen LogP contribution in [-0.2, 0) is 22.5 Å². The molecule has 4 rings (SSSR count). The number of carbonyl (C=O) groups excluding carboxylic acids is 1. The molecule has 0 bridgehead atoms. The van der Waals surface area contributed by atoms with Crippen molar-refractivity contribution in [3.05, 3.63) is 109 Å². The lowest BCUT2D eigenvalue weighted by atomic mass is 9.66. The van der Waals surface area contributed by atoms with Crippen LogP contribution in [0.2, 0.25) is 0 Å². The Bertz CT molecular complexity index is 1570. The van der Waals surface area contributed by atoms with Crippen molar-refractivity contribution in [3.63, 3.8) is 0 Å². The summed E-state index contributed by atoms with van der Waals surface area (Å²) in [4.78, 5) is 11.1. The number of anilines is 2. The summed E-state index contributed by atoms with van der Waals surface area (Å²) in [6.07, 6.45) is 7.34. The first kappa shape index (κ1) is 35.6. The Balaban J connectivity index is 1.24. The monoisotopic (exact) mass is 636 g/mol. The molecular formula is C41H54N3O3+. The molecule has 0 aliphatic rings. The minimum Gasteiger partial charge on any atom is -0.494 e. The van der Waals surface area contributed by atoms with Gasteiger partial charge in [-0.3, -0.25) is 0 Å². The highest BCUT2D eigenvalue weighted by atomic mass is 16.5. The number of benzene rings is 4. The molecular weight excluding hydrogens is 582 g/mol. The summed E-state index contributed by atoms with van der Waals surface area (Å²) in [5, 5.41) is 5.99. The predicted octanol–water partition coefficient (Wildman–Crippen LogP) is 9.35. The van der Waals surface area contributed by atoms with E-state index in [0.717, 1.165) is 61.5 Å². The standard InChI is InChI=1S/C41H53N3O3/c1-7-39(45)47-29-13-9-8-12-28-46-34-22-18-32(19-23-34)30-42-37-24-25-38(36-15-11-10-14-35(36)37)44-43-33-20-16-31(17-21-33)26-27-41(5,6)40(2,3)4/h7,10-11,14-25,42-44H,1,8-9,12-13,26-30H2,2-6H3/p+1. The molecule has 250 valence electrons. The highest BCUT2D eigenvalue weighted by Gasteiger charge is 2.32. The van der Waals surface area contributed by atoms with Crippen LogP contribution in [-0.4, -0.2) is 19.2 Å². The molecule has 0 atom stereocenters. The van der Waals surface area contributed by atoms with E-state index >= 15 is 0 Å². The first-order valence-electron chi connectivity index (χ1n) is 17.0. The van der Waals surface area contributed by atoms with Gasteiger partial charge in [0, 0.05) is 41.2 Å². The van der Waals surface area contributed by atoms with E-state index in [-0.39, 0.29) is 16.8 Å².